The van der Waals surface area contributed by atoms with Gasteiger partial charge < -0.3 is 0 Å². The molecule has 2 aromatic rings. The molecule has 0 bridgehead atoms. The van der Waals surface area contributed by atoms with Gasteiger partial charge in [-0.3, -0.25) is 4.68 Å². The molecule has 0 fully saturated rings. The van der Waals surface area contributed by atoms with Gasteiger partial charge in [-0.25, -0.2) is 17.9 Å². The summed E-state index contributed by atoms with van der Waals surface area (Å²) >= 11 is 0. The lowest BCUT2D eigenvalue weighted by atomic mass is 10.2. The van der Waals surface area contributed by atoms with Crippen LogP contribution in [0.4, 0.5) is 4.39 Å². The summed E-state index contributed by atoms with van der Waals surface area (Å²) in [6.45, 7) is 0.285. The number of rotatable bonds is 3. The van der Waals surface area contributed by atoms with Gasteiger partial charge in [-0.2, -0.15) is 5.10 Å². The maximum absolute atomic E-state index is 13.2. The largest absolute Gasteiger partial charge is 0.268 e. The molecule has 2 rings (SSSR count). The predicted octanol–water partition coefficient (Wildman–Crippen LogP) is 0.718. The zero-order valence-corrected chi connectivity index (χ0v) is 9.56. The van der Waals surface area contributed by atoms with Crippen molar-refractivity contribution in [3.05, 3.63) is 48.0 Å². The molecule has 0 aliphatic carbocycles. The van der Waals surface area contributed by atoms with E-state index in [2.05, 4.69) is 5.10 Å². The number of halogens is 1. The molecule has 0 amide bonds. The second-order valence-electron chi connectivity index (χ2n) is 3.54. The standard InChI is InChI=1S/C10H10FN3O2S/c11-9-4-8(7-14-3-1-2-13-14)5-10(6-9)17(12,15)16/h1-6H,7H2,(H2,12,15,16). The van der Waals surface area contributed by atoms with Crippen molar-refractivity contribution in [1.82, 2.24) is 9.78 Å². The van der Waals surface area contributed by atoms with Crippen LogP contribution in [0, 0.1) is 5.82 Å². The Kier molecular flexibility index (Phi) is 2.95. The van der Waals surface area contributed by atoms with Gasteiger partial charge >= 0.3 is 0 Å². The fourth-order valence-electron chi connectivity index (χ4n) is 1.46. The molecular weight excluding hydrogens is 245 g/mol. The highest BCUT2D eigenvalue weighted by molar-refractivity contribution is 7.89. The number of hydrogen-bond acceptors (Lipinski definition) is 3. The van der Waals surface area contributed by atoms with Crippen LogP contribution in [-0.2, 0) is 16.6 Å². The fraction of sp³-hybridized carbons (Fsp3) is 0.100. The smallest absolute Gasteiger partial charge is 0.238 e. The van der Waals surface area contributed by atoms with E-state index in [-0.39, 0.29) is 11.4 Å². The van der Waals surface area contributed by atoms with Crippen LogP contribution >= 0.6 is 0 Å². The molecule has 1 aromatic carbocycles. The lowest BCUT2D eigenvalue weighted by Gasteiger charge is -2.05. The number of primary sulfonamides is 1. The van der Waals surface area contributed by atoms with Crippen LogP contribution in [0.1, 0.15) is 5.56 Å². The van der Waals surface area contributed by atoms with Crippen molar-refractivity contribution >= 4 is 10.0 Å². The molecule has 0 atom stereocenters. The Morgan fingerprint density at radius 2 is 2.12 bits per heavy atom. The quantitative estimate of drug-likeness (QED) is 0.877. The maximum atomic E-state index is 13.2. The van der Waals surface area contributed by atoms with Gasteiger partial charge in [0.2, 0.25) is 10.0 Å². The predicted molar refractivity (Wildman–Crippen MR) is 59.1 cm³/mol. The molecule has 0 saturated heterocycles. The zero-order valence-electron chi connectivity index (χ0n) is 8.75. The summed E-state index contributed by atoms with van der Waals surface area (Å²) in [6.07, 6.45) is 3.28. The summed E-state index contributed by atoms with van der Waals surface area (Å²) < 4.78 is 37.1. The summed E-state index contributed by atoms with van der Waals surface area (Å²) in [5.41, 5.74) is 0.484. The van der Waals surface area contributed by atoms with Crippen molar-refractivity contribution in [3.63, 3.8) is 0 Å². The molecule has 0 radical (unpaired) electrons. The second-order valence-corrected chi connectivity index (χ2v) is 5.11. The summed E-state index contributed by atoms with van der Waals surface area (Å²) in [5, 5.41) is 8.90. The van der Waals surface area contributed by atoms with E-state index in [4.69, 9.17) is 5.14 Å². The Labute approximate surface area is 97.7 Å². The zero-order chi connectivity index (χ0) is 12.5. The molecule has 1 heterocycles. The van der Waals surface area contributed by atoms with Crippen molar-refractivity contribution in [1.29, 1.82) is 0 Å². The summed E-state index contributed by atoms with van der Waals surface area (Å²) in [4.78, 5) is -0.236. The van der Waals surface area contributed by atoms with Crippen LogP contribution in [0.5, 0.6) is 0 Å². The number of benzene rings is 1. The van der Waals surface area contributed by atoms with E-state index in [9.17, 15) is 12.8 Å². The van der Waals surface area contributed by atoms with Crippen LogP contribution in [0.15, 0.2) is 41.6 Å². The third-order valence-electron chi connectivity index (χ3n) is 2.16. The molecule has 0 aliphatic heterocycles. The van der Waals surface area contributed by atoms with E-state index in [0.29, 0.717) is 5.56 Å². The van der Waals surface area contributed by atoms with E-state index in [0.717, 1.165) is 6.07 Å². The van der Waals surface area contributed by atoms with Gasteiger partial charge in [-0.05, 0) is 29.8 Å². The highest BCUT2D eigenvalue weighted by Crippen LogP contribution is 2.14. The Bertz CT molecular complexity index is 623. The normalized spacial score (nSPS) is 11.6. The minimum Gasteiger partial charge on any atom is -0.268 e. The first kappa shape index (κ1) is 11.7. The van der Waals surface area contributed by atoms with Gasteiger partial charge in [0.1, 0.15) is 5.82 Å². The van der Waals surface area contributed by atoms with Gasteiger partial charge in [-0.15, -0.1) is 0 Å². The molecule has 7 heteroatoms. The van der Waals surface area contributed by atoms with Crippen LogP contribution in [0.2, 0.25) is 0 Å². The van der Waals surface area contributed by atoms with Crippen molar-refractivity contribution in [2.24, 2.45) is 5.14 Å². The molecule has 17 heavy (non-hydrogen) atoms. The highest BCUT2D eigenvalue weighted by atomic mass is 32.2. The van der Waals surface area contributed by atoms with Crippen molar-refractivity contribution in [3.8, 4) is 0 Å². The lowest BCUT2D eigenvalue weighted by molar-refractivity contribution is 0.589. The van der Waals surface area contributed by atoms with Crippen LogP contribution in [-0.4, -0.2) is 18.2 Å². The van der Waals surface area contributed by atoms with E-state index in [1.54, 1.807) is 23.1 Å². The van der Waals surface area contributed by atoms with E-state index in [1.165, 1.54) is 12.1 Å². The van der Waals surface area contributed by atoms with Gasteiger partial charge in [0, 0.05) is 12.4 Å². The SMILES string of the molecule is NS(=O)(=O)c1cc(F)cc(Cn2cccn2)c1. The van der Waals surface area contributed by atoms with Gasteiger partial charge in [0.05, 0.1) is 11.4 Å². The van der Waals surface area contributed by atoms with Gasteiger partial charge in [0.25, 0.3) is 0 Å². The molecular formula is C10H10FN3O2S. The first-order valence-corrected chi connectivity index (χ1v) is 6.29. The van der Waals surface area contributed by atoms with Crippen molar-refractivity contribution < 1.29 is 12.8 Å². The number of sulfonamides is 1. The highest BCUT2D eigenvalue weighted by Gasteiger charge is 2.11. The molecule has 5 nitrogen and oxygen atoms in total. The molecule has 0 spiro atoms. The number of hydrogen-bond donors (Lipinski definition) is 1. The molecule has 2 N–H and O–H groups in total. The minimum atomic E-state index is -3.90. The van der Waals surface area contributed by atoms with Gasteiger partial charge in [0.15, 0.2) is 0 Å². The topological polar surface area (TPSA) is 78.0 Å². The Balaban J connectivity index is 2.39. The number of aromatic nitrogens is 2. The molecule has 1 aromatic heterocycles. The molecule has 0 saturated carbocycles. The third-order valence-corrected chi connectivity index (χ3v) is 3.06. The monoisotopic (exact) mass is 255 g/mol. The number of nitrogens with two attached hydrogens (primary N) is 1. The lowest BCUT2D eigenvalue weighted by Crippen LogP contribution is -2.13. The van der Waals surface area contributed by atoms with Crippen LogP contribution < -0.4 is 5.14 Å². The van der Waals surface area contributed by atoms with E-state index < -0.39 is 15.8 Å². The summed E-state index contributed by atoms with van der Waals surface area (Å²) in [7, 11) is -3.90. The minimum absolute atomic E-state index is 0.236. The first-order valence-electron chi connectivity index (χ1n) is 4.75. The Morgan fingerprint density at radius 1 is 1.35 bits per heavy atom. The second kappa shape index (κ2) is 4.27. The average Bonchev–Trinajstić information content (AvgIpc) is 2.68. The third kappa shape index (κ3) is 2.89. The number of nitrogens with zero attached hydrogens (tertiary/aromatic N) is 2. The maximum Gasteiger partial charge on any atom is 0.238 e. The molecule has 90 valence electrons. The Morgan fingerprint density at radius 3 is 2.71 bits per heavy atom. The van der Waals surface area contributed by atoms with Crippen molar-refractivity contribution in [2.75, 3.05) is 0 Å². The van der Waals surface area contributed by atoms with E-state index >= 15 is 0 Å². The first-order chi connectivity index (χ1) is 7.95. The molecule has 0 aliphatic rings. The van der Waals surface area contributed by atoms with Crippen LogP contribution in [0.25, 0.3) is 0 Å². The van der Waals surface area contributed by atoms with Crippen LogP contribution in [0.3, 0.4) is 0 Å². The average molecular weight is 255 g/mol. The van der Waals surface area contributed by atoms with Crippen molar-refractivity contribution in [2.45, 2.75) is 11.4 Å². The fourth-order valence-corrected chi connectivity index (χ4v) is 2.05. The summed E-state index contributed by atoms with van der Waals surface area (Å²) in [6, 6.07) is 5.19. The molecule has 0 unspecified atom stereocenters. The Hall–Kier alpha value is -1.73. The summed E-state index contributed by atoms with van der Waals surface area (Å²) in [5.74, 6) is -0.640. The van der Waals surface area contributed by atoms with E-state index in [1.807, 2.05) is 0 Å². The van der Waals surface area contributed by atoms with Gasteiger partial charge in [-0.1, -0.05) is 0 Å².